The van der Waals surface area contributed by atoms with Gasteiger partial charge in [-0.25, -0.2) is 0 Å². The van der Waals surface area contributed by atoms with Crippen LogP contribution in [0.5, 0.6) is 0 Å². The fraction of sp³-hybridized carbons (Fsp3) is 0.333. The Hall–Kier alpha value is -2.22. The zero-order valence-corrected chi connectivity index (χ0v) is 15.1. The number of benzene rings is 1. The average Bonchev–Trinajstić information content (AvgIpc) is 2.88. The Bertz CT molecular complexity index is 737. The van der Waals surface area contributed by atoms with Gasteiger partial charge in [-0.3, -0.25) is 9.59 Å². The third-order valence-corrected chi connectivity index (χ3v) is 5.01. The van der Waals surface area contributed by atoms with Gasteiger partial charge in [-0.1, -0.05) is 18.2 Å². The lowest BCUT2D eigenvalue weighted by Gasteiger charge is -2.21. The summed E-state index contributed by atoms with van der Waals surface area (Å²) >= 11 is 1.34. The molecule has 1 aromatic carbocycles. The van der Waals surface area contributed by atoms with E-state index >= 15 is 0 Å². The van der Waals surface area contributed by atoms with E-state index in [0.29, 0.717) is 16.1 Å². The van der Waals surface area contributed by atoms with Crippen molar-refractivity contribution < 1.29 is 19.8 Å². The number of thiophene rings is 1. The standard InChI is InChI=1S/C18H22N2O4S/c1-12-13(2)25-17(19-16(23)14-6-4-3-5-7-14)15(12)18(24)20(8-10-21)9-11-22/h3-7,21-22H,8-11H2,1-2H3,(H,19,23). The first-order valence-corrected chi connectivity index (χ1v) is 8.78. The molecule has 1 aromatic heterocycles. The maximum atomic E-state index is 12.9. The number of aryl methyl sites for hydroxylation is 1. The van der Waals surface area contributed by atoms with Crippen LogP contribution in [0.15, 0.2) is 30.3 Å². The van der Waals surface area contributed by atoms with Crippen LogP contribution in [0.1, 0.15) is 31.2 Å². The summed E-state index contributed by atoms with van der Waals surface area (Å²) in [6.45, 7) is 3.57. The van der Waals surface area contributed by atoms with Gasteiger partial charge in [0.2, 0.25) is 0 Å². The van der Waals surface area contributed by atoms with Gasteiger partial charge < -0.3 is 20.4 Å². The number of aliphatic hydroxyl groups excluding tert-OH is 2. The topological polar surface area (TPSA) is 89.9 Å². The molecule has 0 saturated heterocycles. The highest BCUT2D eigenvalue weighted by Crippen LogP contribution is 2.33. The highest BCUT2D eigenvalue weighted by atomic mass is 32.1. The molecule has 2 amide bonds. The van der Waals surface area contributed by atoms with Crippen molar-refractivity contribution in [3.05, 3.63) is 51.9 Å². The quantitative estimate of drug-likeness (QED) is 0.703. The lowest BCUT2D eigenvalue weighted by Crippen LogP contribution is -2.36. The van der Waals surface area contributed by atoms with Crippen LogP contribution < -0.4 is 5.32 Å². The molecule has 0 radical (unpaired) electrons. The minimum Gasteiger partial charge on any atom is -0.395 e. The summed E-state index contributed by atoms with van der Waals surface area (Å²) in [5.74, 6) is -0.597. The molecule has 2 rings (SSSR count). The molecule has 0 aliphatic rings. The van der Waals surface area contributed by atoms with E-state index in [1.165, 1.54) is 16.2 Å². The number of hydrogen-bond donors (Lipinski definition) is 3. The van der Waals surface area contributed by atoms with Crippen molar-refractivity contribution in [2.24, 2.45) is 0 Å². The molecule has 0 bridgehead atoms. The van der Waals surface area contributed by atoms with E-state index in [9.17, 15) is 9.59 Å². The van der Waals surface area contributed by atoms with E-state index in [1.807, 2.05) is 19.9 Å². The van der Waals surface area contributed by atoms with E-state index in [-0.39, 0.29) is 38.1 Å². The van der Waals surface area contributed by atoms with Crippen molar-refractivity contribution in [2.45, 2.75) is 13.8 Å². The lowest BCUT2D eigenvalue weighted by molar-refractivity contribution is 0.0685. The first kappa shape index (κ1) is 19.1. The number of hydrogen-bond acceptors (Lipinski definition) is 5. The van der Waals surface area contributed by atoms with Gasteiger partial charge in [0, 0.05) is 23.5 Å². The second-order valence-electron chi connectivity index (χ2n) is 5.55. The summed E-state index contributed by atoms with van der Waals surface area (Å²) in [5.41, 5.74) is 1.71. The molecule has 0 aliphatic carbocycles. The summed E-state index contributed by atoms with van der Waals surface area (Å²) in [6.07, 6.45) is 0. The molecule has 3 N–H and O–H groups in total. The SMILES string of the molecule is Cc1sc(NC(=O)c2ccccc2)c(C(=O)N(CCO)CCO)c1C. The highest BCUT2D eigenvalue weighted by Gasteiger charge is 2.25. The Labute approximate surface area is 150 Å². The monoisotopic (exact) mass is 362 g/mol. The molecule has 0 fully saturated rings. The number of amides is 2. The molecule has 0 spiro atoms. The second-order valence-corrected chi connectivity index (χ2v) is 6.77. The Balaban J connectivity index is 2.32. The molecule has 1 heterocycles. The fourth-order valence-corrected chi connectivity index (χ4v) is 3.50. The van der Waals surface area contributed by atoms with Gasteiger partial charge in [-0.15, -0.1) is 11.3 Å². The minimum atomic E-state index is -0.312. The summed E-state index contributed by atoms with van der Waals surface area (Å²) in [4.78, 5) is 27.6. The van der Waals surface area contributed by atoms with Gasteiger partial charge in [-0.2, -0.15) is 0 Å². The number of nitrogens with one attached hydrogen (secondary N) is 1. The maximum absolute atomic E-state index is 12.9. The number of aliphatic hydroxyl groups is 2. The van der Waals surface area contributed by atoms with Gasteiger partial charge in [0.15, 0.2) is 0 Å². The van der Waals surface area contributed by atoms with Crippen LogP contribution in [0.4, 0.5) is 5.00 Å². The molecule has 0 atom stereocenters. The molecule has 7 heteroatoms. The second kappa shape index (κ2) is 8.75. The molecule has 2 aromatic rings. The lowest BCUT2D eigenvalue weighted by atomic mass is 10.1. The highest BCUT2D eigenvalue weighted by molar-refractivity contribution is 7.16. The number of carbonyl (C=O) groups excluding carboxylic acids is 2. The third-order valence-electron chi connectivity index (χ3n) is 3.89. The molecule has 25 heavy (non-hydrogen) atoms. The molecule has 0 unspecified atom stereocenters. The van der Waals surface area contributed by atoms with Crippen molar-refractivity contribution in [1.29, 1.82) is 0 Å². The number of carbonyl (C=O) groups is 2. The Morgan fingerprint density at radius 3 is 2.24 bits per heavy atom. The minimum absolute atomic E-state index is 0.125. The van der Waals surface area contributed by atoms with E-state index in [1.54, 1.807) is 24.3 Å². The Morgan fingerprint density at radius 1 is 1.08 bits per heavy atom. The van der Waals surface area contributed by atoms with Crippen molar-refractivity contribution in [3.8, 4) is 0 Å². The molecule has 6 nitrogen and oxygen atoms in total. The first-order valence-electron chi connectivity index (χ1n) is 7.97. The predicted molar refractivity (Wildman–Crippen MR) is 98.3 cm³/mol. The van der Waals surface area contributed by atoms with Crippen molar-refractivity contribution in [3.63, 3.8) is 0 Å². The van der Waals surface area contributed by atoms with Crippen molar-refractivity contribution in [2.75, 3.05) is 31.6 Å². The smallest absolute Gasteiger partial charge is 0.257 e. The molecular weight excluding hydrogens is 340 g/mol. The number of anilines is 1. The summed E-state index contributed by atoms with van der Waals surface area (Å²) < 4.78 is 0. The van der Waals surface area contributed by atoms with Gasteiger partial charge in [0.05, 0.1) is 18.8 Å². The van der Waals surface area contributed by atoms with Crippen molar-refractivity contribution in [1.82, 2.24) is 4.90 Å². The van der Waals surface area contributed by atoms with Gasteiger partial charge in [0.1, 0.15) is 5.00 Å². The van der Waals surface area contributed by atoms with Gasteiger partial charge in [0.25, 0.3) is 11.8 Å². The average molecular weight is 362 g/mol. The molecular formula is C18H22N2O4S. The zero-order chi connectivity index (χ0) is 18.4. The van der Waals surface area contributed by atoms with Crippen LogP contribution in [0.2, 0.25) is 0 Å². The van der Waals surface area contributed by atoms with Crippen LogP contribution in [-0.4, -0.2) is 53.2 Å². The summed E-state index contributed by atoms with van der Waals surface area (Å²) in [7, 11) is 0. The first-order chi connectivity index (χ1) is 12.0. The van der Waals surface area contributed by atoms with Gasteiger partial charge >= 0.3 is 0 Å². The van der Waals surface area contributed by atoms with E-state index in [2.05, 4.69) is 5.32 Å². The maximum Gasteiger partial charge on any atom is 0.257 e. The normalized spacial score (nSPS) is 10.6. The largest absolute Gasteiger partial charge is 0.395 e. The van der Waals surface area contributed by atoms with Crippen molar-refractivity contribution >= 4 is 28.2 Å². The number of nitrogens with zero attached hydrogens (tertiary/aromatic N) is 1. The molecule has 0 saturated carbocycles. The van der Waals surface area contributed by atoms with Gasteiger partial charge in [-0.05, 0) is 31.5 Å². The Morgan fingerprint density at radius 2 is 1.68 bits per heavy atom. The summed E-state index contributed by atoms with van der Waals surface area (Å²) in [5, 5.41) is 21.6. The van der Waals surface area contributed by atoms with Crippen LogP contribution in [0.25, 0.3) is 0 Å². The fourth-order valence-electron chi connectivity index (χ4n) is 2.45. The van der Waals surface area contributed by atoms with Crippen LogP contribution >= 0.6 is 11.3 Å². The van der Waals surface area contributed by atoms with Crippen LogP contribution in [0, 0.1) is 13.8 Å². The molecule has 134 valence electrons. The zero-order valence-electron chi connectivity index (χ0n) is 14.3. The third kappa shape index (κ3) is 4.45. The summed E-state index contributed by atoms with van der Waals surface area (Å²) in [6, 6.07) is 8.78. The van der Waals surface area contributed by atoms with E-state index in [4.69, 9.17) is 10.2 Å². The van der Waals surface area contributed by atoms with E-state index in [0.717, 1.165) is 10.4 Å². The predicted octanol–water partition coefficient (Wildman–Crippen LogP) is 2.04. The van der Waals surface area contributed by atoms with E-state index < -0.39 is 0 Å². The molecule has 0 aliphatic heterocycles. The van der Waals surface area contributed by atoms with Crippen LogP contribution in [-0.2, 0) is 0 Å². The number of rotatable bonds is 7. The van der Waals surface area contributed by atoms with Crippen LogP contribution in [0.3, 0.4) is 0 Å². The Kier molecular flexibility index (Phi) is 6.69.